The summed E-state index contributed by atoms with van der Waals surface area (Å²) in [7, 11) is 1.74. The molecule has 0 aliphatic heterocycles. The lowest BCUT2D eigenvalue weighted by Gasteiger charge is -2.16. The summed E-state index contributed by atoms with van der Waals surface area (Å²) < 4.78 is 0. The zero-order valence-electron chi connectivity index (χ0n) is 12.2. The molecule has 21 heavy (non-hydrogen) atoms. The number of anilines is 1. The molecule has 1 heterocycles. The maximum absolute atomic E-state index is 12.4. The Hall–Kier alpha value is -2.21. The Bertz CT molecular complexity index is 666. The molecule has 0 saturated heterocycles. The Morgan fingerprint density at radius 3 is 2.76 bits per heavy atom. The van der Waals surface area contributed by atoms with E-state index >= 15 is 0 Å². The second kappa shape index (κ2) is 6.49. The minimum absolute atomic E-state index is 0.104. The van der Waals surface area contributed by atoms with Gasteiger partial charge in [0.25, 0.3) is 5.91 Å². The first-order valence-corrected chi connectivity index (χ1v) is 7.38. The molecule has 0 spiro atoms. The first-order valence-electron chi connectivity index (χ1n) is 6.50. The van der Waals surface area contributed by atoms with Crippen LogP contribution in [-0.2, 0) is 11.3 Å². The Morgan fingerprint density at radius 2 is 2.14 bits per heavy atom. The fourth-order valence-electron chi connectivity index (χ4n) is 1.95. The fraction of sp³-hybridized carbons (Fsp3) is 0.267. The molecule has 0 atom stereocenters. The van der Waals surface area contributed by atoms with E-state index in [0.717, 1.165) is 10.7 Å². The van der Waals surface area contributed by atoms with Gasteiger partial charge in [-0.2, -0.15) is 0 Å². The predicted octanol–water partition coefficient (Wildman–Crippen LogP) is 2.68. The lowest BCUT2D eigenvalue weighted by Crippen LogP contribution is -2.26. The predicted molar refractivity (Wildman–Crippen MR) is 83.4 cm³/mol. The molecule has 2 aromatic rings. The number of nitrogens with zero attached hydrogens (tertiary/aromatic N) is 2. The third-order valence-electron chi connectivity index (χ3n) is 2.84. The van der Waals surface area contributed by atoms with Crippen LogP contribution >= 0.6 is 11.3 Å². The average Bonchev–Trinajstić information content (AvgIpc) is 2.82. The van der Waals surface area contributed by atoms with Crippen LogP contribution in [0.15, 0.2) is 29.6 Å². The third-order valence-corrected chi connectivity index (χ3v) is 3.66. The van der Waals surface area contributed by atoms with Crippen LogP contribution in [0.2, 0.25) is 0 Å². The zero-order valence-corrected chi connectivity index (χ0v) is 13.0. The summed E-state index contributed by atoms with van der Waals surface area (Å²) in [4.78, 5) is 29.4. The number of hydrogen-bond acceptors (Lipinski definition) is 4. The Balaban J connectivity index is 2.09. The van der Waals surface area contributed by atoms with E-state index in [9.17, 15) is 9.59 Å². The van der Waals surface area contributed by atoms with E-state index in [-0.39, 0.29) is 11.8 Å². The molecular formula is C15H17N3O2S. The Labute approximate surface area is 127 Å². The van der Waals surface area contributed by atoms with Crippen molar-refractivity contribution in [3.8, 4) is 0 Å². The molecule has 0 aliphatic rings. The number of nitrogens with one attached hydrogen (secondary N) is 1. The highest BCUT2D eigenvalue weighted by Crippen LogP contribution is 2.15. The van der Waals surface area contributed by atoms with Crippen molar-refractivity contribution < 1.29 is 9.59 Å². The van der Waals surface area contributed by atoms with Crippen LogP contribution in [0, 0.1) is 6.92 Å². The van der Waals surface area contributed by atoms with Crippen molar-refractivity contribution in [2.24, 2.45) is 0 Å². The number of thiazole rings is 1. The first kappa shape index (κ1) is 15.2. The van der Waals surface area contributed by atoms with Crippen LogP contribution in [0.1, 0.15) is 28.0 Å². The van der Waals surface area contributed by atoms with Crippen LogP contribution < -0.4 is 5.32 Å². The van der Waals surface area contributed by atoms with Crippen molar-refractivity contribution in [3.05, 3.63) is 45.9 Å². The number of carbonyl (C=O) groups is 2. The molecule has 0 radical (unpaired) electrons. The number of benzene rings is 1. The molecule has 1 aromatic carbocycles. The van der Waals surface area contributed by atoms with Crippen LogP contribution in [-0.4, -0.2) is 28.7 Å². The van der Waals surface area contributed by atoms with Gasteiger partial charge < -0.3 is 10.2 Å². The SMILES string of the molecule is CC(=O)Nc1cccc(C(=O)N(C)Cc2csc(C)n2)c1. The molecule has 0 aliphatic carbocycles. The summed E-state index contributed by atoms with van der Waals surface area (Å²) in [6, 6.07) is 6.91. The van der Waals surface area contributed by atoms with E-state index in [2.05, 4.69) is 10.3 Å². The minimum Gasteiger partial charge on any atom is -0.336 e. The molecule has 0 unspecified atom stereocenters. The van der Waals surface area contributed by atoms with Gasteiger partial charge in [0.2, 0.25) is 5.91 Å². The second-order valence-electron chi connectivity index (χ2n) is 4.78. The van der Waals surface area contributed by atoms with E-state index in [0.29, 0.717) is 17.8 Å². The molecule has 5 nitrogen and oxygen atoms in total. The maximum Gasteiger partial charge on any atom is 0.254 e. The lowest BCUT2D eigenvalue weighted by atomic mass is 10.1. The molecule has 2 rings (SSSR count). The largest absolute Gasteiger partial charge is 0.336 e. The van der Waals surface area contributed by atoms with E-state index in [1.807, 2.05) is 12.3 Å². The minimum atomic E-state index is -0.161. The van der Waals surface area contributed by atoms with Crippen molar-refractivity contribution in [2.75, 3.05) is 12.4 Å². The van der Waals surface area contributed by atoms with Gasteiger partial charge >= 0.3 is 0 Å². The fourth-order valence-corrected chi connectivity index (χ4v) is 2.55. The number of aryl methyl sites for hydroxylation is 1. The third kappa shape index (κ3) is 4.13. The van der Waals surface area contributed by atoms with Crippen LogP contribution in [0.3, 0.4) is 0 Å². The van der Waals surface area contributed by atoms with E-state index < -0.39 is 0 Å². The second-order valence-corrected chi connectivity index (χ2v) is 5.84. The molecule has 110 valence electrons. The standard InChI is InChI=1S/C15H17N3O2S/c1-10(19)16-13-6-4-5-12(7-13)15(20)18(3)8-14-9-21-11(2)17-14/h4-7,9H,8H2,1-3H3,(H,16,19). The highest BCUT2D eigenvalue weighted by Gasteiger charge is 2.13. The van der Waals surface area contributed by atoms with Crippen LogP contribution in [0.5, 0.6) is 0 Å². The number of rotatable bonds is 4. The van der Waals surface area contributed by atoms with Gasteiger partial charge in [-0.05, 0) is 25.1 Å². The van der Waals surface area contributed by atoms with Gasteiger partial charge in [0.15, 0.2) is 0 Å². The number of amides is 2. The number of carbonyl (C=O) groups excluding carboxylic acids is 2. The van der Waals surface area contributed by atoms with Crippen LogP contribution in [0.4, 0.5) is 5.69 Å². The molecule has 1 N–H and O–H groups in total. The average molecular weight is 303 g/mol. The van der Waals surface area contributed by atoms with E-state index in [4.69, 9.17) is 0 Å². The monoisotopic (exact) mass is 303 g/mol. The summed E-state index contributed by atoms with van der Waals surface area (Å²) in [6.07, 6.45) is 0. The molecule has 2 amide bonds. The number of hydrogen-bond donors (Lipinski definition) is 1. The Kier molecular flexibility index (Phi) is 4.70. The summed E-state index contributed by atoms with van der Waals surface area (Å²) in [6.45, 7) is 3.84. The normalized spacial score (nSPS) is 10.2. The van der Waals surface area contributed by atoms with Gasteiger partial charge in [-0.1, -0.05) is 6.07 Å². The highest BCUT2D eigenvalue weighted by molar-refractivity contribution is 7.09. The van der Waals surface area contributed by atoms with Gasteiger partial charge in [0, 0.05) is 30.6 Å². The number of aromatic nitrogens is 1. The quantitative estimate of drug-likeness (QED) is 0.944. The van der Waals surface area contributed by atoms with Crippen molar-refractivity contribution in [2.45, 2.75) is 20.4 Å². The molecule has 1 aromatic heterocycles. The topological polar surface area (TPSA) is 62.3 Å². The van der Waals surface area contributed by atoms with E-state index in [1.165, 1.54) is 6.92 Å². The molecule has 6 heteroatoms. The molecule has 0 saturated carbocycles. The summed E-state index contributed by atoms with van der Waals surface area (Å²) >= 11 is 1.57. The highest BCUT2D eigenvalue weighted by atomic mass is 32.1. The van der Waals surface area contributed by atoms with Gasteiger partial charge in [0.1, 0.15) is 0 Å². The molecule has 0 fully saturated rings. The van der Waals surface area contributed by atoms with Gasteiger partial charge in [-0.3, -0.25) is 9.59 Å². The summed E-state index contributed by atoms with van der Waals surface area (Å²) in [5.41, 5.74) is 2.04. The lowest BCUT2D eigenvalue weighted by molar-refractivity contribution is -0.114. The Morgan fingerprint density at radius 1 is 1.38 bits per heavy atom. The van der Waals surface area contributed by atoms with Crippen molar-refractivity contribution in [1.29, 1.82) is 0 Å². The van der Waals surface area contributed by atoms with Crippen molar-refractivity contribution >= 4 is 28.8 Å². The maximum atomic E-state index is 12.4. The van der Waals surface area contributed by atoms with Crippen LogP contribution in [0.25, 0.3) is 0 Å². The summed E-state index contributed by atoms with van der Waals surface area (Å²) in [5, 5.41) is 5.61. The smallest absolute Gasteiger partial charge is 0.254 e. The summed E-state index contributed by atoms with van der Waals surface area (Å²) in [5.74, 6) is -0.265. The van der Waals surface area contributed by atoms with Crippen molar-refractivity contribution in [3.63, 3.8) is 0 Å². The molecule has 0 bridgehead atoms. The van der Waals surface area contributed by atoms with Gasteiger partial charge in [-0.15, -0.1) is 11.3 Å². The zero-order chi connectivity index (χ0) is 15.4. The van der Waals surface area contributed by atoms with Crippen molar-refractivity contribution in [1.82, 2.24) is 9.88 Å². The van der Waals surface area contributed by atoms with Gasteiger partial charge in [-0.25, -0.2) is 4.98 Å². The van der Waals surface area contributed by atoms with Gasteiger partial charge in [0.05, 0.1) is 17.2 Å². The first-order chi connectivity index (χ1) is 9.95. The molecular weight excluding hydrogens is 286 g/mol. The van der Waals surface area contributed by atoms with E-state index in [1.54, 1.807) is 47.5 Å².